The van der Waals surface area contributed by atoms with Crippen LogP contribution in [-0.4, -0.2) is 33.8 Å². The van der Waals surface area contributed by atoms with E-state index in [0.29, 0.717) is 5.56 Å². The first kappa shape index (κ1) is 15.9. The summed E-state index contributed by atoms with van der Waals surface area (Å²) in [5, 5.41) is 9.03. The van der Waals surface area contributed by atoms with Gasteiger partial charge in [-0.05, 0) is 0 Å². The van der Waals surface area contributed by atoms with E-state index in [-0.39, 0.29) is 17.1 Å². The monoisotopic (exact) mass is 312 g/mol. The van der Waals surface area contributed by atoms with E-state index in [9.17, 15) is 18.0 Å². The van der Waals surface area contributed by atoms with Crippen LogP contribution >= 0.6 is 0 Å². The number of aromatic carboxylic acids is 1. The summed E-state index contributed by atoms with van der Waals surface area (Å²) in [7, 11) is 0. The fourth-order valence-electron chi connectivity index (χ4n) is 1.70. The minimum atomic E-state index is -4.49. The van der Waals surface area contributed by atoms with Crippen molar-refractivity contribution in [2.75, 3.05) is 6.61 Å². The average Bonchev–Trinajstić information content (AvgIpc) is 2.46. The van der Waals surface area contributed by atoms with Crippen molar-refractivity contribution in [1.82, 2.24) is 9.97 Å². The van der Waals surface area contributed by atoms with Crippen LogP contribution in [0, 0.1) is 0 Å². The number of hydrogen-bond acceptors (Lipinski definition) is 4. The number of hydrogen-bond donors (Lipinski definition) is 1. The molecular weight excluding hydrogens is 301 g/mol. The van der Waals surface area contributed by atoms with E-state index in [1.54, 1.807) is 30.3 Å². The standard InChI is InChI=1S/C14H11F3N2O3/c15-14(16,17)8-22-7-11-10(13(20)21)6-18-12(19-11)9-4-2-1-3-5-9/h1-6H,7-8H2,(H,20,21). The van der Waals surface area contributed by atoms with E-state index in [1.165, 1.54) is 0 Å². The van der Waals surface area contributed by atoms with Gasteiger partial charge in [0, 0.05) is 11.8 Å². The van der Waals surface area contributed by atoms with E-state index in [4.69, 9.17) is 5.11 Å². The first-order chi connectivity index (χ1) is 10.4. The third kappa shape index (κ3) is 4.26. The maximum absolute atomic E-state index is 12.1. The first-order valence-corrected chi connectivity index (χ1v) is 6.16. The third-order valence-corrected chi connectivity index (χ3v) is 2.63. The average molecular weight is 312 g/mol. The van der Waals surface area contributed by atoms with Crippen molar-refractivity contribution in [1.29, 1.82) is 0 Å². The Morgan fingerprint density at radius 2 is 1.91 bits per heavy atom. The Hall–Kier alpha value is -2.48. The van der Waals surface area contributed by atoms with Gasteiger partial charge < -0.3 is 9.84 Å². The highest BCUT2D eigenvalue weighted by Crippen LogP contribution is 2.19. The molecule has 2 rings (SSSR count). The van der Waals surface area contributed by atoms with Crippen molar-refractivity contribution in [3.05, 3.63) is 47.8 Å². The highest BCUT2D eigenvalue weighted by Gasteiger charge is 2.28. The molecule has 1 aromatic heterocycles. The summed E-state index contributed by atoms with van der Waals surface area (Å²) >= 11 is 0. The molecule has 0 fully saturated rings. The fraction of sp³-hybridized carbons (Fsp3) is 0.214. The van der Waals surface area contributed by atoms with Gasteiger partial charge >= 0.3 is 12.1 Å². The van der Waals surface area contributed by atoms with Crippen LogP contribution in [0.15, 0.2) is 36.5 Å². The molecule has 0 bridgehead atoms. The molecule has 22 heavy (non-hydrogen) atoms. The lowest BCUT2D eigenvalue weighted by Gasteiger charge is -2.10. The van der Waals surface area contributed by atoms with Crippen LogP contribution < -0.4 is 0 Å². The highest BCUT2D eigenvalue weighted by atomic mass is 19.4. The Morgan fingerprint density at radius 1 is 1.23 bits per heavy atom. The fourth-order valence-corrected chi connectivity index (χ4v) is 1.70. The molecule has 0 saturated heterocycles. The molecule has 0 radical (unpaired) electrons. The molecule has 0 atom stereocenters. The van der Waals surface area contributed by atoms with Crippen LogP contribution in [0.25, 0.3) is 11.4 Å². The maximum Gasteiger partial charge on any atom is 0.411 e. The number of alkyl halides is 3. The van der Waals surface area contributed by atoms with Gasteiger partial charge in [0.25, 0.3) is 0 Å². The second-order valence-electron chi connectivity index (χ2n) is 4.33. The Balaban J connectivity index is 2.26. The summed E-state index contributed by atoms with van der Waals surface area (Å²) in [6.07, 6.45) is -3.43. The molecule has 0 aliphatic heterocycles. The maximum atomic E-state index is 12.1. The van der Waals surface area contributed by atoms with Crippen LogP contribution in [0.2, 0.25) is 0 Å². The van der Waals surface area contributed by atoms with Crippen LogP contribution in [0.1, 0.15) is 16.1 Å². The van der Waals surface area contributed by atoms with Crippen LogP contribution in [-0.2, 0) is 11.3 Å². The Bertz CT molecular complexity index is 660. The van der Waals surface area contributed by atoms with Crippen molar-refractivity contribution in [2.45, 2.75) is 12.8 Å². The van der Waals surface area contributed by atoms with Crippen LogP contribution in [0.4, 0.5) is 13.2 Å². The summed E-state index contributed by atoms with van der Waals surface area (Å²) in [6, 6.07) is 8.67. The summed E-state index contributed by atoms with van der Waals surface area (Å²) in [5.41, 5.74) is 0.226. The van der Waals surface area contributed by atoms with E-state index < -0.39 is 25.4 Å². The molecule has 0 amide bonds. The van der Waals surface area contributed by atoms with Gasteiger partial charge in [0.05, 0.1) is 12.3 Å². The zero-order valence-electron chi connectivity index (χ0n) is 11.2. The zero-order valence-corrected chi connectivity index (χ0v) is 11.2. The number of carboxylic acid groups (broad SMARTS) is 1. The van der Waals surface area contributed by atoms with Crippen LogP contribution in [0.3, 0.4) is 0 Å². The van der Waals surface area contributed by atoms with E-state index in [1.807, 2.05) is 0 Å². The lowest BCUT2D eigenvalue weighted by Crippen LogP contribution is -2.18. The number of carboxylic acids is 1. The molecule has 1 N–H and O–H groups in total. The van der Waals surface area contributed by atoms with Crippen LogP contribution in [0.5, 0.6) is 0 Å². The van der Waals surface area contributed by atoms with Gasteiger partial charge in [0.15, 0.2) is 5.82 Å². The summed E-state index contributed by atoms with van der Waals surface area (Å²) in [4.78, 5) is 19.0. The zero-order chi connectivity index (χ0) is 16.2. The summed E-state index contributed by atoms with van der Waals surface area (Å²) in [6.45, 7) is -2.04. The molecule has 8 heteroatoms. The Morgan fingerprint density at radius 3 is 2.50 bits per heavy atom. The normalized spacial score (nSPS) is 11.4. The van der Waals surface area contributed by atoms with Gasteiger partial charge in [0.2, 0.25) is 0 Å². The molecular formula is C14H11F3N2O3. The number of halogens is 3. The molecule has 0 aliphatic carbocycles. The Labute approximate surface area is 123 Å². The van der Waals surface area contributed by atoms with Gasteiger partial charge in [-0.25, -0.2) is 14.8 Å². The molecule has 116 valence electrons. The van der Waals surface area contributed by atoms with Crippen molar-refractivity contribution in [3.8, 4) is 11.4 Å². The summed E-state index contributed by atoms with van der Waals surface area (Å²) < 4.78 is 40.8. The third-order valence-electron chi connectivity index (χ3n) is 2.63. The SMILES string of the molecule is O=C(O)c1cnc(-c2ccccc2)nc1COCC(F)(F)F. The minimum absolute atomic E-state index is 0.106. The lowest BCUT2D eigenvalue weighted by molar-refractivity contribution is -0.176. The topological polar surface area (TPSA) is 72.3 Å². The quantitative estimate of drug-likeness (QED) is 0.919. The lowest BCUT2D eigenvalue weighted by atomic mass is 10.2. The van der Waals surface area contributed by atoms with Crippen molar-refractivity contribution in [3.63, 3.8) is 0 Å². The van der Waals surface area contributed by atoms with Crippen molar-refractivity contribution >= 4 is 5.97 Å². The number of carbonyl (C=O) groups is 1. The molecule has 0 unspecified atom stereocenters. The molecule has 0 saturated carbocycles. The first-order valence-electron chi connectivity index (χ1n) is 6.16. The van der Waals surface area contributed by atoms with Crippen molar-refractivity contribution in [2.24, 2.45) is 0 Å². The number of benzene rings is 1. The second-order valence-corrected chi connectivity index (χ2v) is 4.33. The predicted molar refractivity (Wildman–Crippen MR) is 70.1 cm³/mol. The molecule has 1 heterocycles. The van der Waals surface area contributed by atoms with Gasteiger partial charge in [-0.3, -0.25) is 0 Å². The van der Waals surface area contributed by atoms with E-state index in [0.717, 1.165) is 6.20 Å². The molecule has 2 aromatic rings. The molecule has 1 aromatic carbocycles. The minimum Gasteiger partial charge on any atom is -0.478 e. The molecule has 0 aliphatic rings. The Kier molecular flexibility index (Phi) is 4.71. The van der Waals surface area contributed by atoms with Gasteiger partial charge in [-0.2, -0.15) is 13.2 Å². The van der Waals surface area contributed by atoms with E-state index >= 15 is 0 Å². The molecule has 5 nitrogen and oxygen atoms in total. The van der Waals surface area contributed by atoms with Gasteiger partial charge in [-0.15, -0.1) is 0 Å². The number of ether oxygens (including phenoxy) is 1. The smallest absolute Gasteiger partial charge is 0.411 e. The number of aromatic nitrogens is 2. The second kappa shape index (κ2) is 6.52. The highest BCUT2D eigenvalue weighted by molar-refractivity contribution is 5.88. The van der Waals surface area contributed by atoms with Gasteiger partial charge in [-0.1, -0.05) is 30.3 Å². The largest absolute Gasteiger partial charge is 0.478 e. The van der Waals surface area contributed by atoms with Gasteiger partial charge in [0.1, 0.15) is 12.2 Å². The number of nitrogens with zero attached hydrogens (tertiary/aromatic N) is 2. The summed E-state index contributed by atoms with van der Waals surface area (Å²) in [5.74, 6) is -1.11. The molecule has 0 spiro atoms. The number of rotatable bonds is 5. The predicted octanol–water partition coefficient (Wildman–Crippen LogP) is 2.92. The van der Waals surface area contributed by atoms with E-state index in [2.05, 4.69) is 14.7 Å². The van der Waals surface area contributed by atoms with Crippen molar-refractivity contribution < 1.29 is 27.8 Å².